The van der Waals surface area contributed by atoms with Gasteiger partial charge in [0.1, 0.15) is 13.2 Å². The van der Waals surface area contributed by atoms with Gasteiger partial charge in [-0.15, -0.1) is 0 Å². The van der Waals surface area contributed by atoms with Crippen molar-refractivity contribution in [2.75, 3.05) is 13.2 Å². The monoisotopic (exact) mass is 819 g/mol. The Kier molecular flexibility index (Phi) is 46.3. The van der Waals surface area contributed by atoms with E-state index in [-0.39, 0.29) is 31.1 Å². The average Bonchev–Trinajstić information content (AvgIpc) is 3.22. The van der Waals surface area contributed by atoms with Crippen molar-refractivity contribution < 1.29 is 28.6 Å². The van der Waals surface area contributed by atoms with Crippen LogP contribution in [0.15, 0.2) is 12.2 Å². The Morgan fingerprint density at radius 2 is 0.569 bits per heavy atom. The maximum atomic E-state index is 12.8. The molecule has 0 amide bonds. The quantitative estimate of drug-likeness (QED) is 0.0263. The summed E-state index contributed by atoms with van der Waals surface area (Å²) in [5.74, 6) is -0.860. The van der Waals surface area contributed by atoms with Crippen LogP contribution < -0.4 is 0 Å². The zero-order valence-electron chi connectivity index (χ0n) is 39.1. The molecular formula is C52H98O6. The van der Waals surface area contributed by atoms with Crippen molar-refractivity contribution in [2.45, 2.75) is 290 Å². The van der Waals surface area contributed by atoms with Crippen LogP contribution in [0, 0.1) is 0 Å². The van der Waals surface area contributed by atoms with E-state index in [0.29, 0.717) is 19.3 Å². The molecule has 0 aliphatic heterocycles. The third kappa shape index (κ3) is 45.2. The molecule has 0 spiro atoms. The summed E-state index contributed by atoms with van der Waals surface area (Å²) < 4.78 is 16.8. The smallest absolute Gasteiger partial charge is 0.306 e. The van der Waals surface area contributed by atoms with Gasteiger partial charge in [0, 0.05) is 19.3 Å². The Hall–Kier alpha value is -1.85. The third-order valence-electron chi connectivity index (χ3n) is 11.5. The molecule has 0 unspecified atom stereocenters. The van der Waals surface area contributed by atoms with Gasteiger partial charge >= 0.3 is 17.9 Å². The van der Waals surface area contributed by atoms with Crippen LogP contribution in [-0.4, -0.2) is 37.2 Å². The molecule has 0 N–H and O–H groups in total. The van der Waals surface area contributed by atoms with Crippen LogP contribution in [-0.2, 0) is 28.6 Å². The lowest BCUT2D eigenvalue weighted by Gasteiger charge is -2.18. The summed E-state index contributed by atoms with van der Waals surface area (Å²) in [6, 6.07) is 0. The molecule has 0 radical (unpaired) electrons. The first kappa shape index (κ1) is 56.1. The maximum absolute atomic E-state index is 12.8. The minimum atomic E-state index is -0.765. The van der Waals surface area contributed by atoms with Gasteiger partial charge in [0.2, 0.25) is 0 Å². The lowest BCUT2D eigenvalue weighted by atomic mass is 10.0. The molecule has 6 nitrogen and oxygen atoms in total. The third-order valence-corrected chi connectivity index (χ3v) is 11.5. The molecule has 0 aliphatic rings. The van der Waals surface area contributed by atoms with E-state index in [2.05, 4.69) is 32.9 Å². The number of ether oxygens (including phenoxy) is 3. The van der Waals surface area contributed by atoms with Crippen molar-refractivity contribution in [2.24, 2.45) is 0 Å². The van der Waals surface area contributed by atoms with E-state index >= 15 is 0 Å². The Balaban J connectivity index is 4.34. The molecule has 0 bridgehead atoms. The predicted octanol–water partition coefficient (Wildman–Crippen LogP) is 16.6. The zero-order chi connectivity index (χ0) is 42.3. The summed E-state index contributed by atoms with van der Waals surface area (Å²) in [5.41, 5.74) is 0. The topological polar surface area (TPSA) is 78.9 Å². The first-order chi connectivity index (χ1) is 28.5. The normalized spacial score (nSPS) is 12.0. The molecule has 6 heteroatoms. The molecule has 0 aromatic heterocycles. The van der Waals surface area contributed by atoms with E-state index in [9.17, 15) is 14.4 Å². The molecule has 0 fully saturated rings. The molecule has 58 heavy (non-hydrogen) atoms. The van der Waals surface area contributed by atoms with E-state index in [4.69, 9.17) is 14.2 Å². The number of allylic oxidation sites excluding steroid dienone is 2. The molecule has 1 atom stereocenters. The molecule has 0 aromatic rings. The molecule has 0 aromatic carbocycles. The van der Waals surface area contributed by atoms with Crippen LogP contribution in [0.3, 0.4) is 0 Å². The van der Waals surface area contributed by atoms with E-state index in [1.807, 2.05) is 0 Å². The van der Waals surface area contributed by atoms with E-state index in [0.717, 1.165) is 64.2 Å². The maximum Gasteiger partial charge on any atom is 0.306 e. The number of carbonyl (C=O) groups excluding carboxylic acids is 3. The summed E-state index contributed by atoms with van der Waals surface area (Å²) in [4.78, 5) is 37.9. The van der Waals surface area contributed by atoms with Gasteiger partial charge < -0.3 is 14.2 Å². The van der Waals surface area contributed by atoms with Gasteiger partial charge in [-0.05, 0) is 44.9 Å². The molecule has 0 aliphatic carbocycles. The lowest BCUT2D eigenvalue weighted by Crippen LogP contribution is -2.30. The standard InChI is InChI=1S/C52H98O6/c1-4-7-10-13-16-19-22-25-27-30-33-36-39-42-45-51(54)57-48-49(47-56-50(53)44-41-38-35-32-29-24-21-18-15-12-9-6-3)58-52(55)46-43-40-37-34-31-28-26-23-20-17-14-11-8-5-2/h22,25,49H,4-21,23-24,26-48H2,1-3H3/b25-22-/t49-/m1/s1. The van der Waals surface area contributed by atoms with Crippen molar-refractivity contribution in [3.63, 3.8) is 0 Å². The highest BCUT2D eigenvalue weighted by atomic mass is 16.6. The molecule has 0 rings (SSSR count). The summed E-state index contributed by atoms with van der Waals surface area (Å²) in [7, 11) is 0. The largest absolute Gasteiger partial charge is 0.462 e. The van der Waals surface area contributed by atoms with Crippen molar-refractivity contribution >= 4 is 17.9 Å². The van der Waals surface area contributed by atoms with Crippen LogP contribution in [0.25, 0.3) is 0 Å². The molecule has 342 valence electrons. The second-order valence-corrected chi connectivity index (χ2v) is 17.4. The fourth-order valence-corrected chi connectivity index (χ4v) is 7.61. The van der Waals surface area contributed by atoms with Gasteiger partial charge in [-0.25, -0.2) is 0 Å². The van der Waals surface area contributed by atoms with Gasteiger partial charge in [0.25, 0.3) is 0 Å². The Labute approximate surface area is 360 Å². The molecule has 0 saturated carbocycles. The highest BCUT2D eigenvalue weighted by Crippen LogP contribution is 2.16. The highest BCUT2D eigenvalue weighted by Gasteiger charge is 2.19. The summed E-state index contributed by atoms with van der Waals surface area (Å²) in [5, 5.41) is 0. The van der Waals surface area contributed by atoms with Crippen LogP contribution in [0.1, 0.15) is 284 Å². The first-order valence-corrected chi connectivity index (χ1v) is 25.7. The van der Waals surface area contributed by atoms with Gasteiger partial charge in [-0.1, -0.05) is 232 Å². The number of unbranched alkanes of at least 4 members (excludes halogenated alkanes) is 34. The second-order valence-electron chi connectivity index (χ2n) is 17.4. The predicted molar refractivity (Wildman–Crippen MR) is 247 cm³/mol. The van der Waals surface area contributed by atoms with Gasteiger partial charge in [-0.3, -0.25) is 14.4 Å². The van der Waals surface area contributed by atoms with E-state index in [1.165, 1.54) is 180 Å². The highest BCUT2D eigenvalue weighted by molar-refractivity contribution is 5.71. The van der Waals surface area contributed by atoms with Gasteiger partial charge in [-0.2, -0.15) is 0 Å². The number of carbonyl (C=O) groups is 3. The van der Waals surface area contributed by atoms with Crippen LogP contribution >= 0.6 is 0 Å². The fourth-order valence-electron chi connectivity index (χ4n) is 7.61. The molecule has 0 heterocycles. The molecular weight excluding hydrogens is 721 g/mol. The molecule has 0 saturated heterocycles. The van der Waals surface area contributed by atoms with Crippen molar-refractivity contribution in [1.29, 1.82) is 0 Å². The minimum Gasteiger partial charge on any atom is -0.462 e. The van der Waals surface area contributed by atoms with Crippen molar-refractivity contribution in [3.8, 4) is 0 Å². The van der Waals surface area contributed by atoms with Crippen molar-refractivity contribution in [3.05, 3.63) is 12.2 Å². The number of rotatable bonds is 47. The first-order valence-electron chi connectivity index (χ1n) is 25.7. The number of esters is 3. The van der Waals surface area contributed by atoms with Gasteiger partial charge in [0.05, 0.1) is 0 Å². The second kappa shape index (κ2) is 47.8. The summed E-state index contributed by atoms with van der Waals surface area (Å²) in [6.07, 6.45) is 51.9. The lowest BCUT2D eigenvalue weighted by molar-refractivity contribution is -0.167. The fraction of sp³-hybridized carbons (Fsp3) is 0.904. The average molecular weight is 819 g/mol. The SMILES string of the molecule is CCCCCCC/C=C\CCCCCCCC(=O)OC[C@@H](COC(=O)CCCCCCCCCCCCCC)OC(=O)CCCCCCCCCCCCCCCC. The Morgan fingerprint density at radius 3 is 0.862 bits per heavy atom. The van der Waals surface area contributed by atoms with Crippen LogP contribution in [0.2, 0.25) is 0 Å². The van der Waals surface area contributed by atoms with Crippen molar-refractivity contribution in [1.82, 2.24) is 0 Å². The van der Waals surface area contributed by atoms with Crippen LogP contribution in [0.5, 0.6) is 0 Å². The van der Waals surface area contributed by atoms with Crippen LogP contribution in [0.4, 0.5) is 0 Å². The zero-order valence-corrected chi connectivity index (χ0v) is 39.1. The van der Waals surface area contributed by atoms with Gasteiger partial charge in [0.15, 0.2) is 6.10 Å². The van der Waals surface area contributed by atoms with E-state index in [1.54, 1.807) is 0 Å². The number of hydrogen-bond acceptors (Lipinski definition) is 6. The summed E-state index contributed by atoms with van der Waals surface area (Å²) >= 11 is 0. The number of hydrogen-bond donors (Lipinski definition) is 0. The van der Waals surface area contributed by atoms with E-state index < -0.39 is 6.10 Å². The Bertz CT molecular complexity index is 900. The summed E-state index contributed by atoms with van der Waals surface area (Å²) in [6.45, 7) is 6.65. The minimum absolute atomic E-state index is 0.0673. The Morgan fingerprint density at radius 1 is 0.328 bits per heavy atom.